The Bertz CT molecular complexity index is 1340. The Kier molecular flexibility index (Phi) is 6.35. The first kappa shape index (κ1) is 22.7. The number of benzene rings is 3. The third-order valence-electron chi connectivity index (χ3n) is 5.15. The van der Waals surface area contributed by atoms with E-state index in [1.807, 2.05) is 24.3 Å². The molecule has 1 aromatic heterocycles. The number of hydrogen-bond acceptors (Lipinski definition) is 6. The van der Waals surface area contributed by atoms with E-state index in [0.29, 0.717) is 40.0 Å². The van der Waals surface area contributed by atoms with Gasteiger partial charge in [0.05, 0.1) is 32.4 Å². The number of anilines is 2. The fourth-order valence-electron chi connectivity index (χ4n) is 3.55. The SMILES string of the molecule is COc1cc(C(=O)Nc2ccc(-c3nc4ccc(NC(C)=O)cc4[nH]3)cc2)cc(OC)c1OC. The summed E-state index contributed by atoms with van der Waals surface area (Å²) in [4.78, 5) is 32.0. The average Bonchev–Trinajstić information content (AvgIpc) is 3.26. The molecule has 2 amide bonds. The zero-order valence-electron chi connectivity index (χ0n) is 19.2. The van der Waals surface area contributed by atoms with E-state index >= 15 is 0 Å². The summed E-state index contributed by atoms with van der Waals surface area (Å²) in [5.41, 5.74) is 4.12. The molecule has 174 valence electrons. The molecule has 0 saturated heterocycles. The van der Waals surface area contributed by atoms with Gasteiger partial charge in [-0.3, -0.25) is 9.59 Å². The largest absolute Gasteiger partial charge is 0.493 e. The summed E-state index contributed by atoms with van der Waals surface area (Å²) in [5.74, 6) is 1.44. The molecule has 4 aromatic rings. The van der Waals surface area contributed by atoms with Crippen LogP contribution in [0.5, 0.6) is 17.2 Å². The van der Waals surface area contributed by atoms with Crippen LogP contribution in [0.2, 0.25) is 0 Å². The summed E-state index contributed by atoms with van der Waals surface area (Å²) in [6.07, 6.45) is 0. The van der Waals surface area contributed by atoms with Crippen molar-refractivity contribution in [2.75, 3.05) is 32.0 Å². The molecule has 0 aliphatic heterocycles. The predicted molar refractivity (Wildman–Crippen MR) is 130 cm³/mol. The Balaban J connectivity index is 1.53. The number of carbonyl (C=O) groups is 2. The van der Waals surface area contributed by atoms with E-state index in [9.17, 15) is 9.59 Å². The van der Waals surface area contributed by atoms with E-state index in [4.69, 9.17) is 14.2 Å². The van der Waals surface area contributed by atoms with Crippen molar-refractivity contribution in [2.45, 2.75) is 6.92 Å². The first-order valence-electron chi connectivity index (χ1n) is 10.4. The zero-order chi connectivity index (χ0) is 24.2. The van der Waals surface area contributed by atoms with Crippen molar-refractivity contribution in [1.82, 2.24) is 9.97 Å². The molecule has 0 unspecified atom stereocenters. The van der Waals surface area contributed by atoms with Crippen LogP contribution in [0.15, 0.2) is 54.6 Å². The van der Waals surface area contributed by atoms with Gasteiger partial charge >= 0.3 is 0 Å². The second-order valence-electron chi connectivity index (χ2n) is 7.44. The number of fused-ring (bicyclic) bond motifs is 1. The molecule has 4 rings (SSSR count). The number of ether oxygens (including phenoxy) is 3. The standard InChI is InChI=1S/C25H24N4O5/c1-14(30)26-18-9-10-19-20(13-18)29-24(28-19)15-5-7-17(8-6-15)27-25(31)16-11-21(32-2)23(34-4)22(12-16)33-3/h5-13H,1-4H3,(H,26,30)(H,27,31)(H,28,29). The fraction of sp³-hybridized carbons (Fsp3) is 0.160. The van der Waals surface area contributed by atoms with E-state index in [-0.39, 0.29) is 11.8 Å². The molecule has 1 heterocycles. The third-order valence-corrected chi connectivity index (χ3v) is 5.15. The van der Waals surface area contributed by atoms with Gasteiger partial charge in [-0.05, 0) is 54.6 Å². The summed E-state index contributed by atoms with van der Waals surface area (Å²) < 4.78 is 15.9. The fourth-order valence-corrected chi connectivity index (χ4v) is 3.55. The maximum absolute atomic E-state index is 12.8. The van der Waals surface area contributed by atoms with Crippen LogP contribution in [0, 0.1) is 0 Å². The predicted octanol–water partition coefficient (Wildman–Crippen LogP) is 4.47. The van der Waals surface area contributed by atoms with Crippen LogP contribution in [-0.2, 0) is 4.79 Å². The summed E-state index contributed by atoms with van der Waals surface area (Å²) in [6.45, 7) is 1.46. The molecule has 0 fully saturated rings. The van der Waals surface area contributed by atoms with Crippen molar-refractivity contribution in [3.63, 3.8) is 0 Å². The quantitative estimate of drug-likeness (QED) is 0.375. The monoisotopic (exact) mass is 460 g/mol. The maximum Gasteiger partial charge on any atom is 0.255 e. The number of aromatic nitrogens is 2. The molecule has 9 nitrogen and oxygen atoms in total. The minimum absolute atomic E-state index is 0.136. The third kappa shape index (κ3) is 4.63. The Morgan fingerprint density at radius 2 is 1.47 bits per heavy atom. The summed E-state index contributed by atoms with van der Waals surface area (Å²) in [7, 11) is 4.50. The lowest BCUT2D eigenvalue weighted by Crippen LogP contribution is -2.12. The van der Waals surface area contributed by atoms with Gasteiger partial charge in [0.15, 0.2) is 11.5 Å². The van der Waals surface area contributed by atoms with Crippen LogP contribution in [0.1, 0.15) is 17.3 Å². The lowest BCUT2D eigenvalue weighted by molar-refractivity contribution is -0.114. The van der Waals surface area contributed by atoms with Gasteiger partial charge in [-0.1, -0.05) is 0 Å². The Morgan fingerprint density at radius 3 is 2.06 bits per heavy atom. The van der Waals surface area contributed by atoms with Gasteiger partial charge in [0.2, 0.25) is 11.7 Å². The summed E-state index contributed by atoms with van der Waals surface area (Å²) in [5, 5.41) is 5.62. The van der Waals surface area contributed by atoms with Crippen LogP contribution in [0.25, 0.3) is 22.4 Å². The van der Waals surface area contributed by atoms with E-state index < -0.39 is 0 Å². The highest BCUT2D eigenvalue weighted by Crippen LogP contribution is 2.38. The van der Waals surface area contributed by atoms with Gasteiger partial charge in [-0.25, -0.2) is 4.98 Å². The molecule has 0 bridgehead atoms. The van der Waals surface area contributed by atoms with E-state index in [1.54, 1.807) is 30.3 Å². The van der Waals surface area contributed by atoms with Crippen molar-refractivity contribution in [2.24, 2.45) is 0 Å². The molecule has 3 aromatic carbocycles. The van der Waals surface area contributed by atoms with Crippen molar-refractivity contribution < 1.29 is 23.8 Å². The molecule has 0 atom stereocenters. The number of H-pyrrole nitrogens is 1. The second kappa shape index (κ2) is 9.53. The minimum Gasteiger partial charge on any atom is -0.493 e. The minimum atomic E-state index is -0.318. The summed E-state index contributed by atoms with van der Waals surface area (Å²) >= 11 is 0. The number of hydrogen-bond donors (Lipinski definition) is 3. The molecular weight excluding hydrogens is 436 g/mol. The van der Waals surface area contributed by atoms with E-state index in [1.165, 1.54) is 28.3 Å². The average molecular weight is 460 g/mol. The van der Waals surface area contributed by atoms with E-state index in [0.717, 1.165) is 16.6 Å². The van der Waals surface area contributed by atoms with Gasteiger partial charge in [0.25, 0.3) is 5.91 Å². The highest BCUT2D eigenvalue weighted by Gasteiger charge is 2.17. The first-order valence-corrected chi connectivity index (χ1v) is 10.4. The molecule has 3 N–H and O–H groups in total. The number of aromatic amines is 1. The number of rotatable bonds is 7. The molecule has 0 spiro atoms. The topological polar surface area (TPSA) is 115 Å². The van der Waals surface area contributed by atoms with Gasteiger partial charge in [-0.2, -0.15) is 0 Å². The van der Waals surface area contributed by atoms with Crippen molar-refractivity contribution in [3.8, 4) is 28.6 Å². The van der Waals surface area contributed by atoms with Crippen LogP contribution in [-0.4, -0.2) is 43.1 Å². The molecular formula is C25H24N4O5. The van der Waals surface area contributed by atoms with Gasteiger partial charge in [0, 0.05) is 29.4 Å². The van der Waals surface area contributed by atoms with E-state index in [2.05, 4.69) is 20.6 Å². The molecule has 9 heteroatoms. The highest BCUT2D eigenvalue weighted by molar-refractivity contribution is 6.05. The molecule has 0 aliphatic rings. The number of nitrogens with zero attached hydrogens (tertiary/aromatic N) is 1. The van der Waals surface area contributed by atoms with Crippen LogP contribution in [0.4, 0.5) is 11.4 Å². The van der Waals surface area contributed by atoms with Gasteiger partial charge in [-0.15, -0.1) is 0 Å². The number of imidazole rings is 1. The maximum atomic E-state index is 12.8. The van der Waals surface area contributed by atoms with Crippen LogP contribution in [0.3, 0.4) is 0 Å². The van der Waals surface area contributed by atoms with Gasteiger partial charge in [0.1, 0.15) is 5.82 Å². The second-order valence-corrected chi connectivity index (χ2v) is 7.44. The lowest BCUT2D eigenvalue weighted by Gasteiger charge is -2.14. The number of methoxy groups -OCH3 is 3. The van der Waals surface area contributed by atoms with Crippen molar-refractivity contribution in [3.05, 3.63) is 60.2 Å². The summed E-state index contributed by atoms with van der Waals surface area (Å²) in [6, 6.07) is 16.0. The zero-order valence-corrected chi connectivity index (χ0v) is 19.2. The molecule has 0 saturated carbocycles. The first-order chi connectivity index (χ1) is 16.4. The van der Waals surface area contributed by atoms with Gasteiger partial charge < -0.3 is 29.8 Å². The Labute approximate surface area is 196 Å². The lowest BCUT2D eigenvalue weighted by atomic mass is 10.1. The number of amides is 2. The Hall–Kier alpha value is -4.53. The highest BCUT2D eigenvalue weighted by atomic mass is 16.5. The van der Waals surface area contributed by atoms with Crippen LogP contribution >= 0.6 is 0 Å². The van der Waals surface area contributed by atoms with Crippen molar-refractivity contribution >= 4 is 34.2 Å². The molecule has 0 aliphatic carbocycles. The smallest absolute Gasteiger partial charge is 0.255 e. The molecule has 34 heavy (non-hydrogen) atoms. The van der Waals surface area contributed by atoms with Crippen LogP contribution < -0.4 is 24.8 Å². The Morgan fingerprint density at radius 1 is 0.824 bits per heavy atom. The van der Waals surface area contributed by atoms with Crippen molar-refractivity contribution in [1.29, 1.82) is 0 Å². The number of carbonyl (C=O) groups excluding carboxylic acids is 2. The normalized spacial score (nSPS) is 10.6. The molecule has 0 radical (unpaired) electrons. The number of nitrogens with one attached hydrogen (secondary N) is 3.